The van der Waals surface area contributed by atoms with Gasteiger partial charge in [-0.3, -0.25) is 0 Å². The van der Waals surface area contributed by atoms with Crippen LogP contribution >= 0.6 is 11.6 Å². The largest absolute Gasteiger partial charge is 0.381 e. The second kappa shape index (κ2) is 7.96. The lowest BCUT2D eigenvalue weighted by Crippen LogP contribution is -2.42. The van der Waals surface area contributed by atoms with Crippen molar-refractivity contribution in [1.82, 2.24) is 5.32 Å². The quantitative estimate of drug-likeness (QED) is 0.862. The van der Waals surface area contributed by atoms with Gasteiger partial charge in [0, 0.05) is 12.6 Å². The zero-order valence-electron chi connectivity index (χ0n) is 12.0. The molecule has 0 aromatic heterocycles. The molecular formula is C16H23ClFNO. The lowest BCUT2D eigenvalue weighted by molar-refractivity contribution is 0.0392. The van der Waals surface area contributed by atoms with E-state index in [-0.39, 0.29) is 16.9 Å². The minimum atomic E-state index is -0.283. The molecule has 112 valence electrons. The fraction of sp³-hybridized carbons (Fsp3) is 0.625. The van der Waals surface area contributed by atoms with Crippen LogP contribution in [0.3, 0.4) is 0 Å². The van der Waals surface area contributed by atoms with Gasteiger partial charge in [-0.05, 0) is 49.8 Å². The van der Waals surface area contributed by atoms with E-state index in [1.54, 1.807) is 6.07 Å². The molecule has 2 unspecified atom stereocenters. The van der Waals surface area contributed by atoms with Gasteiger partial charge in [-0.2, -0.15) is 0 Å². The number of benzene rings is 1. The van der Waals surface area contributed by atoms with Gasteiger partial charge in [0.25, 0.3) is 0 Å². The van der Waals surface area contributed by atoms with Gasteiger partial charge >= 0.3 is 0 Å². The summed E-state index contributed by atoms with van der Waals surface area (Å²) in [5.74, 6) is 0.169. The molecule has 1 saturated heterocycles. The average Bonchev–Trinajstić information content (AvgIpc) is 2.48. The smallest absolute Gasteiger partial charge is 0.145 e. The predicted octanol–water partition coefficient (Wildman–Crippen LogP) is 3.82. The molecule has 2 rings (SSSR count). The maximum absolute atomic E-state index is 14.1. The van der Waals surface area contributed by atoms with E-state index in [2.05, 4.69) is 12.2 Å². The van der Waals surface area contributed by atoms with E-state index in [0.29, 0.717) is 17.9 Å². The van der Waals surface area contributed by atoms with Crippen LogP contribution in [0.4, 0.5) is 4.39 Å². The van der Waals surface area contributed by atoms with E-state index in [9.17, 15) is 4.39 Å². The van der Waals surface area contributed by atoms with Crippen molar-refractivity contribution in [2.45, 2.75) is 38.6 Å². The van der Waals surface area contributed by atoms with Crippen molar-refractivity contribution in [1.29, 1.82) is 0 Å². The summed E-state index contributed by atoms with van der Waals surface area (Å²) >= 11 is 5.87. The summed E-state index contributed by atoms with van der Waals surface area (Å²) in [5.41, 5.74) is 0.691. The Balaban J connectivity index is 2.07. The van der Waals surface area contributed by atoms with Gasteiger partial charge in [0.2, 0.25) is 0 Å². The van der Waals surface area contributed by atoms with Gasteiger partial charge in [-0.15, -0.1) is 0 Å². The topological polar surface area (TPSA) is 21.3 Å². The highest BCUT2D eigenvalue weighted by atomic mass is 35.5. The molecule has 4 heteroatoms. The molecule has 2 atom stereocenters. The molecule has 1 aliphatic heterocycles. The fourth-order valence-electron chi connectivity index (χ4n) is 2.76. The molecule has 2 nitrogen and oxygen atoms in total. The first-order valence-electron chi connectivity index (χ1n) is 7.46. The molecule has 0 radical (unpaired) electrons. The molecule has 1 heterocycles. The van der Waals surface area contributed by atoms with Crippen LogP contribution in [-0.4, -0.2) is 25.8 Å². The van der Waals surface area contributed by atoms with Gasteiger partial charge in [0.1, 0.15) is 5.82 Å². The van der Waals surface area contributed by atoms with Crippen LogP contribution in [0.1, 0.15) is 31.7 Å². The number of rotatable bonds is 6. The third-order valence-corrected chi connectivity index (χ3v) is 4.18. The van der Waals surface area contributed by atoms with Crippen LogP contribution in [0.25, 0.3) is 0 Å². The normalized spacial score (nSPS) is 20.9. The first-order chi connectivity index (χ1) is 9.72. The van der Waals surface area contributed by atoms with E-state index in [4.69, 9.17) is 16.3 Å². The lowest BCUT2D eigenvalue weighted by Gasteiger charge is -2.31. The van der Waals surface area contributed by atoms with Crippen molar-refractivity contribution < 1.29 is 9.13 Å². The Morgan fingerprint density at radius 2 is 2.35 bits per heavy atom. The summed E-state index contributed by atoms with van der Waals surface area (Å²) in [6.07, 6.45) is 3.97. The second-order valence-electron chi connectivity index (χ2n) is 5.45. The summed E-state index contributed by atoms with van der Waals surface area (Å²) in [7, 11) is 0. The van der Waals surface area contributed by atoms with Crippen molar-refractivity contribution in [3.05, 3.63) is 34.6 Å². The van der Waals surface area contributed by atoms with Crippen molar-refractivity contribution in [3.63, 3.8) is 0 Å². The fourth-order valence-corrected chi connectivity index (χ4v) is 2.96. The summed E-state index contributed by atoms with van der Waals surface area (Å²) in [4.78, 5) is 0. The third kappa shape index (κ3) is 4.18. The Labute approximate surface area is 125 Å². The van der Waals surface area contributed by atoms with E-state index >= 15 is 0 Å². The molecular weight excluding hydrogens is 277 g/mol. The van der Waals surface area contributed by atoms with Crippen LogP contribution in [0.5, 0.6) is 0 Å². The van der Waals surface area contributed by atoms with Crippen LogP contribution in [0.2, 0.25) is 5.02 Å². The Kier molecular flexibility index (Phi) is 6.27. The average molecular weight is 300 g/mol. The van der Waals surface area contributed by atoms with Crippen LogP contribution in [0, 0.1) is 11.7 Å². The minimum Gasteiger partial charge on any atom is -0.381 e. The summed E-state index contributed by atoms with van der Waals surface area (Å²) in [6.45, 7) is 4.71. The van der Waals surface area contributed by atoms with Crippen LogP contribution in [-0.2, 0) is 11.2 Å². The molecule has 0 bridgehead atoms. The lowest BCUT2D eigenvalue weighted by atomic mass is 9.89. The van der Waals surface area contributed by atoms with Gasteiger partial charge in [0.05, 0.1) is 11.6 Å². The Bertz CT molecular complexity index is 421. The number of ether oxygens (including phenoxy) is 1. The molecule has 20 heavy (non-hydrogen) atoms. The van der Waals surface area contributed by atoms with Crippen molar-refractivity contribution in [2.24, 2.45) is 5.92 Å². The highest BCUT2D eigenvalue weighted by Crippen LogP contribution is 2.24. The zero-order chi connectivity index (χ0) is 14.4. The predicted molar refractivity (Wildman–Crippen MR) is 80.7 cm³/mol. The maximum Gasteiger partial charge on any atom is 0.145 e. The Morgan fingerprint density at radius 1 is 1.50 bits per heavy atom. The second-order valence-corrected chi connectivity index (χ2v) is 5.86. The maximum atomic E-state index is 14.1. The van der Waals surface area contributed by atoms with E-state index in [1.807, 2.05) is 12.1 Å². The van der Waals surface area contributed by atoms with E-state index < -0.39 is 0 Å². The zero-order valence-corrected chi connectivity index (χ0v) is 12.8. The van der Waals surface area contributed by atoms with E-state index in [0.717, 1.165) is 39.0 Å². The minimum absolute atomic E-state index is 0.205. The summed E-state index contributed by atoms with van der Waals surface area (Å²) in [5, 5.41) is 3.75. The third-order valence-electron chi connectivity index (χ3n) is 3.89. The van der Waals surface area contributed by atoms with Gasteiger partial charge in [0.15, 0.2) is 0 Å². The van der Waals surface area contributed by atoms with Crippen LogP contribution < -0.4 is 5.32 Å². The van der Waals surface area contributed by atoms with Gasteiger partial charge in [-0.1, -0.05) is 30.7 Å². The van der Waals surface area contributed by atoms with Crippen molar-refractivity contribution >= 4 is 11.6 Å². The van der Waals surface area contributed by atoms with Gasteiger partial charge < -0.3 is 10.1 Å². The van der Waals surface area contributed by atoms with Crippen molar-refractivity contribution in [2.75, 3.05) is 19.8 Å². The number of halogens is 2. The SMILES string of the molecule is CCCNC(Cc1cccc(Cl)c1F)C1CCCOC1. The number of hydrogen-bond acceptors (Lipinski definition) is 2. The molecule has 0 spiro atoms. The molecule has 0 aliphatic carbocycles. The molecule has 0 saturated carbocycles. The Hall–Kier alpha value is -0.640. The number of nitrogens with one attached hydrogen (secondary N) is 1. The highest BCUT2D eigenvalue weighted by molar-refractivity contribution is 6.30. The summed E-state index contributed by atoms with van der Waals surface area (Å²) in [6, 6.07) is 5.49. The van der Waals surface area contributed by atoms with Gasteiger partial charge in [-0.25, -0.2) is 4.39 Å². The summed E-state index contributed by atoms with van der Waals surface area (Å²) < 4.78 is 19.6. The molecule has 0 amide bonds. The standard InChI is InChI=1S/C16H23ClFNO/c1-2-8-19-15(13-6-4-9-20-11-13)10-12-5-3-7-14(17)16(12)18/h3,5,7,13,15,19H,2,4,6,8-11H2,1H3. The van der Waals surface area contributed by atoms with Crippen LogP contribution in [0.15, 0.2) is 18.2 Å². The Morgan fingerprint density at radius 3 is 3.05 bits per heavy atom. The van der Waals surface area contributed by atoms with E-state index in [1.165, 1.54) is 0 Å². The first kappa shape index (κ1) is 15.7. The highest BCUT2D eigenvalue weighted by Gasteiger charge is 2.25. The molecule has 1 aromatic rings. The number of hydrogen-bond donors (Lipinski definition) is 1. The molecule has 1 aromatic carbocycles. The first-order valence-corrected chi connectivity index (χ1v) is 7.84. The van der Waals surface area contributed by atoms with Crippen molar-refractivity contribution in [3.8, 4) is 0 Å². The molecule has 1 fully saturated rings. The monoisotopic (exact) mass is 299 g/mol. The molecule has 1 N–H and O–H groups in total. The molecule has 1 aliphatic rings.